The van der Waals surface area contributed by atoms with Crippen LogP contribution in [0.2, 0.25) is 0 Å². The molecule has 4 bridgehead atoms. The first-order chi connectivity index (χ1) is 15.8. The van der Waals surface area contributed by atoms with E-state index in [2.05, 4.69) is 10.3 Å². The highest BCUT2D eigenvalue weighted by Gasteiger charge is 2.51. The van der Waals surface area contributed by atoms with Crippen molar-refractivity contribution in [3.63, 3.8) is 0 Å². The molecule has 1 aromatic carbocycles. The summed E-state index contributed by atoms with van der Waals surface area (Å²) in [6.07, 6.45) is 8.86. The third kappa shape index (κ3) is 4.71. The first kappa shape index (κ1) is 22.2. The van der Waals surface area contributed by atoms with Gasteiger partial charge in [-0.1, -0.05) is 11.8 Å². The van der Waals surface area contributed by atoms with Gasteiger partial charge in [-0.15, -0.1) is 0 Å². The standard InChI is InChI=1S/C25H30N4O3S/c1-14-20(12-25-9-15-6-16(10-25)8-17(7-15)11-25)28-24(29-23(14)32)33-13-21(30)27-19-4-2-18(3-5-19)22(26)31/h2-5,15-17H,6-13H2,1H3,(H2,26,31)(H,27,30)(H,28,29,32). The molecule has 4 aliphatic rings. The summed E-state index contributed by atoms with van der Waals surface area (Å²) in [4.78, 5) is 43.8. The van der Waals surface area contributed by atoms with Crippen molar-refractivity contribution in [2.24, 2.45) is 28.9 Å². The molecule has 2 amide bonds. The van der Waals surface area contributed by atoms with Crippen LogP contribution in [0.1, 0.15) is 60.1 Å². The lowest BCUT2D eigenvalue weighted by Crippen LogP contribution is -2.47. The second kappa shape index (κ2) is 8.63. The summed E-state index contributed by atoms with van der Waals surface area (Å²) in [6.45, 7) is 1.86. The molecule has 4 N–H and O–H groups in total. The Morgan fingerprint density at radius 3 is 2.30 bits per heavy atom. The fourth-order valence-corrected chi connectivity index (χ4v) is 7.39. The lowest BCUT2D eigenvalue weighted by Gasteiger charge is -2.57. The quantitative estimate of drug-likeness (QED) is 0.425. The van der Waals surface area contributed by atoms with Gasteiger partial charge in [0, 0.05) is 16.8 Å². The molecule has 8 heteroatoms. The van der Waals surface area contributed by atoms with E-state index < -0.39 is 5.91 Å². The lowest BCUT2D eigenvalue weighted by atomic mass is 9.48. The van der Waals surface area contributed by atoms with Crippen molar-refractivity contribution in [2.45, 2.75) is 57.0 Å². The summed E-state index contributed by atoms with van der Waals surface area (Å²) in [6, 6.07) is 6.41. The molecule has 0 unspecified atom stereocenters. The Balaban J connectivity index is 1.25. The number of hydrogen-bond acceptors (Lipinski definition) is 5. The SMILES string of the molecule is Cc1c(CC23CC4CC(CC(C4)C2)C3)nc(SCC(=O)Nc2ccc(C(N)=O)cc2)[nH]c1=O. The first-order valence-electron chi connectivity index (χ1n) is 11.7. The van der Waals surface area contributed by atoms with E-state index in [9.17, 15) is 14.4 Å². The van der Waals surface area contributed by atoms with Crippen LogP contribution < -0.4 is 16.6 Å². The number of H-pyrrole nitrogens is 1. The van der Waals surface area contributed by atoms with Crippen LogP contribution in [0.4, 0.5) is 5.69 Å². The number of nitrogens with one attached hydrogen (secondary N) is 2. The number of carbonyl (C=O) groups is 2. The van der Waals surface area contributed by atoms with Gasteiger partial charge in [0.05, 0.1) is 11.4 Å². The number of benzene rings is 1. The zero-order chi connectivity index (χ0) is 23.2. The van der Waals surface area contributed by atoms with Gasteiger partial charge in [0.15, 0.2) is 5.16 Å². The zero-order valence-corrected chi connectivity index (χ0v) is 19.7. The van der Waals surface area contributed by atoms with Gasteiger partial charge >= 0.3 is 0 Å². The molecule has 4 saturated carbocycles. The average Bonchev–Trinajstić information content (AvgIpc) is 2.75. The predicted molar refractivity (Wildman–Crippen MR) is 128 cm³/mol. The summed E-state index contributed by atoms with van der Waals surface area (Å²) < 4.78 is 0. The number of carbonyl (C=O) groups excluding carboxylic acids is 2. The third-order valence-electron chi connectivity index (χ3n) is 7.73. The number of nitrogens with two attached hydrogens (primary N) is 1. The van der Waals surface area contributed by atoms with Gasteiger partial charge < -0.3 is 16.0 Å². The Morgan fingerprint density at radius 2 is 1.73 bits per heavy atom. The fourth-order valence-electron chi connectivity index (χ4n) is 6.71. The Hall–Kier alpha value is -2.61. The van der Waals surface area contributed by atoms with Crippen LogP contribution in [0, 0.1) is 30.1 Å². The second-order valence-corrected chi connectivity index (χ2v) is 11.3. The number of anilines is 1. The number of nitrogens with zero attached hydrogens (tertiary/aromatic N) is 1. The van der Waals surface area contributed by atoms with Crippen LogP contribution in [0.15, 0.2) is 34.2 Å². The topological polar surface area (TPSA) is 118 Å². The molecule has 0 aliphatic heterocycles. The Kier molecular flexibility index (Phi) is 5.80. The van der Waals surface area contributed by atoms with Gasteiger partial charge in [-0.3, -0.25) is 14.4 Å². The van der Waals surface area contributed by atoms with E-state index in [1.54, 1.807) is 24.3 Å². The van der Waals surface area contributed by atoms with E-state index in [0.29, 0.717) is 27.4 Å². The number of amides is 2. The molecule has 6 rings (SSSR count). The monoisotopic (exact) mass is 466 g/mol. The van der Waals surface area contributed by atoms with Gasteiger partial charge in [0.2, 0.25) is 11.8 Å². The van der Waals surface area contributed by atoms with Crippen molar-refractivity contribution < 1.29 is 9.59 Å². The van der Waals surface area contributed by atoms with Crippen LogP contribution in [-0.2, 0) is 11.2 Å². The van der Waals surface area contributed by atoms with Gasteiger partial charge in [-0.05, 0) is 99.3 Å². The number of thioether (sulfide) groups is 1. The minimum absolute atomic E-state index is 0.116. The molecule has 0 radical (unpaired) electrons. The molecule has 4 fully saturated rings. The number of hydrogen-bond donors (Lipinski definition) is 3. The summed E-state index contributed by atoms with van der Waals surface area (Å²) in [5, 5.41) is 3.28. The van der Waals surface area contributed by atoms with E-state index in [-0.39, 0.29) is 17.2 Å². The van der Waals surface area contributed by atoms with Crippen molar-refractivity contribution in [3.8, 4) is 0 Å². The van der Waals surface area contributed by atoms with Gasteiger partial charge in [0.25, 0.3) is 5.56 Å². The molecular formula is C25H30N4O3S. The summed E-state index contributed by atoms with van der Waals surface area (Å²) in [5.41, 5.74) is 7.99. The number of rotatable bonds is 7. The molecule has 4 aliphatic carbocycles. The number of aromatic nitrogens is 2. The zero-order valence-electron chi connectivity index (χ0n) is 18.9. The number of primary amides is 1. The fraction of sp³-hybridized carbons (Fsp3) is 0.520. The molecule has 0 spiro atoms. The van der Waals surface area contributed by atoms with Crippen LogP contribution in [0.25, 0.3) is 0 Å². The van der Waals surface area contributed by atoms with E-state index in [1.807, 2.05) is 6.92 Å². The minimum atomic E-state index is -0.512. The highest BCUT2D eigenvalue weighted by atomic mass is 32.2. The molecule has 174 valence electrons. The first-order valence-corrected chi connectivity index (χ1v) is 12.7. The van der Waals surface area contributed by atoms with Gasteiger partial charge in [-0.2, -0.15) is 0 Å². The molecule has 33 heavy (non-hydrogen) atoms. The molecule has 2 aromatic rings. The Bertz CT molecular complexity index is 1110. The molecule has 0 saturated heterocycles. The third-order valence-corrected chi connectivity index (χ3v) is 8.60. The number of aromatic amines is 1. The van der Waals surface area contributed by atoms with E-state index >= 15 is 0 Å². The average molecular weight is 467 g/mol. The van der Waals surface area contributed by atoms with E-state index in [0.717, 1.165) is 29.9 Å². The Labute approximate surface area is 197 Å². The summed E-state index contributed by atoms with van der Waals surface area (Å²) >= 11 is 1.23. The normalized spacial score (nSPS) is 27.5. The van der Waals surface area contributed by atoms with E-state index in [1.165, 1.54) is 50.3 Å². The maximum atomic E-state index is 12.6. The van der Waals surface area contributed by atoms with E-state index in [4.69, 9.17) is 10.7 Å². The van der Waals surface area contributed by atoms with Gasteiger partial charge in [0.1, 0.15) is 0 Å². The van der Waals surface area contributed by atoms with Gasteiger partial charge in [-0.25, -0.2) is 4.98 Å². The largest absolute Gasteiger partial charge is 0.366 e. The summed E-state index contributed by atoms with van der Waals surface area (Å²) in [7, 11) is 0. The lowest BCUT2D eigenvalue weighted by molar-refractivity contribution is -0.113. The van der Waals surface area contributed by atoms with Crippen molar-refractivity contribution in [2.75, 3.05) is 11.1 Å². The minimum Gasteiger partial charge on any atom is -0.366 e. The molecular weight excluding hydrogens is 436 g/mol. The second-order valence-electron chi connectivity index (χ2n) is 10.3. The highest BCUT2D eigenvalue weighted by molar-refractivity contribution is 7.99. The molecule has 1 aromatic heterocycles. The predicted octanol–water partition coefficient (Wildman–Crippen LogP) is 3.67. The smallest absolute Gasteiger partial charge is 0.254 e. The summed E-state index contributed by atoms with van der Waals surface area (Å²) in [5.74, 6) is 1.97. The maximum Gasteiger partial charge on any atom is 0.254 e. The van der Waals surface area contributed by atoms with Crippen molar-refractivity contribution in [1.82, 2.24) is 9.97 Å². The maximum absolute atomic E-state index is 12.6. The molecule has 1 heterocycles. The van der Waals surface area contributed by atoms with Crippen LogP contribution in [0.5, 0.6) is 0 Å². The molecule has 7 nitrogen and oxygen atoms in total. The van der Waals surface area contributed by atoms with Crippen molar-refractivity contribution in [3.05, 3.63) is 51.4 Å². The van der Waals surface area contributed by atoms with Crippen LogP contribution in [-0.4, -0.2) is 27.5 Å². The van der Waals surface area contributed by atoms with Crippen LogP contribution in [0.3, 0.4) is 0 Å². The van der Waals surface area contributed by atoms with Crippen molar-refractivity contribution >= 4 is 29.3 Å². The van der Waals surface area contributed by atoms with Crippen molar-refractivity contribution in [1.29, 1.82) is 0 Å². The highest BCUT2D eigenvalue weighted by Crippen LogP contribution is 2.61. The molecule has 0 atom stereocenters. The Morgan fingerprint density at radius 1 is 1.12 bits per heavy atom. The van der Waals surface area contributed by atoms with Crippen LogP contribution >= 0.6 is 11.8 Å².